The van der Waals surface area contributed by atoms with Crippen molar-refractivity contribution < 1.29 is 4.74 Å². The van der Waals surface area contributed by atoms with Gasteiger partial charge in [0.25, 0.3) is 0 Å². The van der Waals surface area contributed by atoms with Crippen LogP contribution >= 0.6 is 15.9 Å². The lowest BCUT2D eigenvalue weighted by molar-refractivity contribution is 0.416. The van der Waals surface area contributed by atoms with Crippen LogP contribution in [0.5, 0.6) is 5.75 Å². The van der Waals surface area contributed by atoms with Crippen molar-refractivity contribution in [1.82, 2.24) is 4.98 Å². The molecule has 19 heavy (non-hydrogen) atoms. The molecule has 0 aliphatic rings. The lowest BCUT2D eigenvalue weighted by atomic mass is 10.0. The second-order valence-electron chi connectivity index (χ2n) is 4.26. The second kappa shape index (κ2) is 5.02. The van der Waals surface area contributed by atoms with Crippen LogP contribution in [0, 0.1) is 0 Å². The van der Waals surface area contributed by atoms with Crippen LogP contribution in [-0.4, -0.2) is 12.1 Å². The summed E-state index contributed by atoms with van der Waals surface area (Å²) >= 11 is 3.49. The molecule has 2 aromatic carbocycles. The number of rotatable bonds is 2. The summed E-state index contributed by atoms with van der Waals surface area (Å²) in [4.78, 5) is 4.50. The molecule has 0 aliphatic carbocycles. The van der Waals surface area contributed by atoms with Crippen molar-refractivity contribution in [2.24, 2.45) is 0 Å². The summed E-state index contributed by atoms with van der Waals surface area (Å²) in [6.07, 6.45) is 1.88. The number of halogens is 1. The lowest BCUT2D eigenvalue weighted by Crippen LogP contribution is -1.88. The molecule has 0 atom stereocenters. The Labute approximate surface area is 120 Å². The van der Waals surface area contributed by atoms with Crippen molar-refractivity contribution in [2.45, 2.75) is 0 Å². The molecule has 1 aromatic heterocycles. The molecule has 0 fully saturated rings. The van der Waals surface area contributed by atoms with Gasteiger partial charge in [0.05, 0.1) is 12.6 Å². The van der Waals surface area contributed by atoms with E-state index in [0.717, 1.165) is 32.3 Å². The van der Waals surface area contributed by atoms with E-state index in [4.69, 9.17) is 4.74 Å². The van der Waals surface area contributed by atoms with Crippen molar-refractivity contribution in [3.05, 3.63) is 59.2 Å². The summed E-state index contributed by atoms with van der Waals surface area (Å²) < 4.78 is 6.45. The van der Waals surface area contributed by atoms with Gasteiger partial charge in [0.1, 0.15) is 5.75 Å². The quantitative estimate of drug-likeness (QED) is 0.685. The van der Waals surface area contributed by atoms with Gasteiger partial charge in [-0.05, 0) is 30.3 Å². The average molecular weight is 314 g/mol. The molecule has 0 unspecified atom stereocenters. The largest absolute Gasteiger partial charge is 0.496 e. The molecule has 0 spiro atoms. The SMILES string of the molecule is COc1ccccc1-c1cnc2ccc(Br)cc2c1. The first-order chi connectivity index (χ1) is 9.28. The Balaban J connectivity index is 2.20. The Kier molecular flexibility index (Phi) is 3.22. The van der Waals surface area contributed by atoms with Crippen molar-refractivity contribution in [3.8, 4) is 16.9 Å². The number of benzene rings is 2. The molecule has 0 saturated carbocycles. The average Bonchev–Trinajstić information content (AvgIpc) is 2.46. The van der Waals surface area contributed by atoms with Gasteiger partial charge >= 0.3 is 0 Å². The summed E-state index contributed by atoms with van der Waals surface area (Å²) in [5.74, 6) is 0.860. The first-order valence-corrected chi connectivity index (χ1v) is 6.76. The molecule has 94 valence electrons. The molecule has 0 radical (unpaired) electrons. The first kappa shape index (κ1) is 12.2. The van der Waals surface area contributed by atoms with Gasteiger partial charge in [-0.15, -0.1) is 0 Å². The first-order valence-electron chi connectivity index (χ1n) is 5.96. The second-order valence-corrected chi connectivity index (χ2v) is 5.18. The highest BCUT2D eigenvalue weighted by atomic mass is 79.9. The number of fused-ring (bicyclic) bond motifs is 1. The molecule has 0 aliphatic heterocycles. The Morgan fingerprint density at radius 3 is 2.74 bits per heavy atom. The molecule has 3 heteroatoms. The van der Waals surface area contributed by atoms with Crippen LogP contribution in [0.3, 0.4) is 0 Å². The summed E-state index contributed by atoms with van der Waals surface area (Å²) in [6.45, 7) is 0. The van der Waals surface area contributed by atoms with E-state index in [0.29, 0.717) is 0 Å². The standard InChI is InChI=1S/C16H12BrNO/c1-19-16-5-3-2-4-14(16)12-8-11-9-13(17)6-7-15(11)18-10-12/h2-10H,1H3. The summed E-state index contributed by atoms with van der Waals surface area (Å²) in [5, 5.41) is 1.11. The highest BCUT2D eigenvalue weighted by Gasteiger charge is 2.06. The van der Waals surface area contributed by atoms with Gasteiger partial charge in [-0.25, -0.2) is 0 Å². The van der Waals surface area contributed by atoms with Gasteiger partial charge in [-0.1, -0.05) is 34.1 Å². The van der Waals surface area contributed by atoms with Crippen LogP contribution in [0.2, 0.25) is 0 Å². The third-order valence-electron chi connectivity index (χ3n) is 3.06. The maximum atomic E-state index is 5.40. The Bertz CT molecular complexity index is 740. The molecule has 1 heterocycles. The molecule has 3 rings (SSSR count). The fraction of sp³-hybridized carbons (Fsp3) is 0.0625. The van der Waals surface area contributed by atoms with Crippen molar-refractivity contribution in [2.75, 3.05) is 7.11 Å². The summed E-state index contributed by atoms with van der Waals surface area (Å²) in [7, 11) is 1.68. The van der Waals surface area contributed by atoms with Gasteiger partial charge in [0, 0.05) is 27.2 Å². The highest BCUT2D eigenvalue weighted by molar-refractivity contribution is 9.10. The van der Waals surface area contributed by atoms with E-state index in [1.165, 1.54) is 0 Å². The molecule has 0 bridgehead atoms. The molecule has 0 N–H and O–H groups in total. The van der Waals surface area contributed by atoms with E-state index in [-0.39, 0.29) is 0 Å². The lowest BCUT2D eigenvalue weighted by Gasteiger charge is -2.08. The van der Waals surface area contributed by atoms with E-state index >= 15 is 0 Å². The zero-order chi connectivity index (χ0) is 13.2. The molecule has 0 saturated heterocycles. The number of hydrogen-bond acceptors (Lipinski definition) is 2. The topological polar surface area (TPSA) is 22.1 Å². The van der Waals surface area contributed by atoms with E-state index in [1.807, 2.05) is 42.6 Å². The third-order valence-corrected chi connectivity index (χ3v) is 3.55. The van der Waals surface area contributed by atoms with E-state index in [1.54, 1.807) is 7.11 Å². The van der Waals surface area contributed by atoms with Gasteiger partial charge in [-0.3, -0.25) is 4.98 Å². The minimum absolute atomic E-state index is 0.860. The minimum atomic E-state index is 0.860. The molecule has 2 nitrogen and oxygen atoms in total. The number of para-hydroxylation sites is 1. The van der Waals surface area contributed by atoms with Gasteiger partial charge < -0.3 is 4.74 Å². The van der Waals surface area contributed by atoms with E-state index < -0.39 is 0 Å². The number of pyridine rings is 1. The molecular weight excluding hydrogens is 302 g/mol. The van der Waals surface area contributed by atoms with Crippen molar-refractivity contribution in [3.63, 3.8) is 0 Å². The van der Waals surface area contributed by atoms with Crippen LogP contribution in [0.15, 0.2) is 59.2 Å². The number of methoxy groups -OCH3 is 1. The van der Waals surface area contributed by atoms with Crippen LogP contribution < -0.4 is 4.74 Å². The highest BCUT2D eigenvalue weighted by Crippen LogP contribution is 2.31. The smallest absolute Gasteiger partial charge is 0.126 e. The molecule has 0 amide bonds. The minimum Gasteiger partial charge on any atom is -0.496 e. The predicted octanol–water partition coefficient (Wildman–Crippen LogP) is 4.67. The predicted molar refractivity (Wildman–Crippen MR) is 81.4 cm³/mol. The maximum absolute atomic E-state index is 5.40. The fourth-order valence-corrected chi connectivity index (χ4v) is 2.51. The normalized spacial score (nSPS) is 10.6. The Morgan fingerprint density at radius 2 is 1.89 bits per heavy atom. The number of ether oxygens (including phenoxy) is 1. The van der Waals surface area contributed by atoms with Crippen LogP contribution in [0.4, 0.5) is 0 Å². The van der Waals surface area contributed by atoms with Crippen LogP contribution in [0.1, 0.15) is 0 Å². The maximum Gasteiger partial charge on any atom is 0.126 e. The monoisotopic (exact) mass is 313 g/mol. The number of nitrogens with zero attached hydrogens (tertiary/aromatic N) is 1. The summed E-state index contributed by atoms with van der Waals surface area (Å²) in [6, 6.07) is 16.2. The van der Waals surface area contributed by atoms with Crippen molar-refractivity contribution in [1.29, 1.82) is 0 Å². The molecular formula is C16H12BrNO. The molecule has 3 aromatic rings. The Hall–Kier alpha value is -1.87. The fourth-order valence-electron chi connectivity index (χ4n) is 2.13. The third kappa shape index (κ3) is 2.34. The summed E-state index contributed by atoms with van der Waals surface area (Å²) in [5.41, 5.74) is 3.10. The number of hydrogen-bond donors (Lipinski definition) is 0. The Morgan fingerprint density at radius 1 is 1.05 bits per heavy atom. The van der Waals surface area contributed by atoms with Crippen LogP contribution in [0.25, 0.3) is 22.0 Å². The van der Waals surface area contributed by atoms with Gasteiger partial charge in [0.2, 0.25) is 0 Å². The van der Waals surface area contributed by atoms with E-state index in [9.17, 15) is 0 Å². The van der Waals surface area contributed by atoms with Gasteiger partial charge in [-0.2, -0.15) is 0 Å². The van der Waals surface area contributed by atoms with Crippen LogP contribution in [-0.2, 0) is 0 Å². The van der Waals surface area contributed by atoms with Gasteiger partial charge in [0.15, 0.2) is 0 Å². The van der Waals surface area contributed by atoms with E-state index in [2.05, 4.69) is 33.0 Å². The zero-order valence-electron chi connectivity index (χ0n) is 10.4. The van der Waals surface area contributed by atoms with Crippen molar-refractivity contribution >= 4 is 26.8 Å². The number of aromatic nitrogens is 1. The zero-order valence-corrected chi connectivity index (χ0v) is 12.0.